The molecular weight excluding hydrogens is 318 g/mol. The van der Waals surface area contributed by atoms with Gasteiger partial charge in [-0.15, -0.1) is 11.3 Å². The fourth-order valence-electron chi connectivity index (χ4n) is 4.53. The van der Waals surface area contributed by atoms with Crippen molar-refractivity contribution in [1.29, 1.82) is 0 Å². The van der Waals surface area contributed by atoms with Gasteiger partial charge in [-0.25, -0.2) is 0 Å². The third-order valence-corrected chi connectivity index (χ3v) is 6.95. The van der Waals surface area contributed by atoms with Gasteiger partial charge in [0.15, 0.2) is 0 Å². The number of rotatable bonds is 1. The highest BCUT2D eigenvalue weighted by Crippen LogP contribution is 2.48. The molecule has 3 unspecified atom stereocenters. The fraction of sp³-hybridized carbons (Fsp3) is 0.765. The minimum Gasteiger partial charge on any atom is -0.381 e. The van der Waals surface area contributed by atoms with Crippen LogP contribution in [0.5, 0.6) is 0 Å². The van der Waals surface area contributed by atoms with Crippen LogP contribution in [0, 0.1) is 5.92 Å². The van der Waals surface area contributed by atoms with Gasteiger partial charge in [-0.05, 0) is 56.6 Å². The Morgan fingerprint density at radius 3 is 2.91 bits per heavy atom. The number of thiophene rings is 1. The summed E-state index contributed by atoms with van der Waals surface area (Å²) >= 11 is 8.04. The summed E-state index contributed by atoms with van der Waals surface area (Å²) in [5.41, 5.74) is 1.31. The van der Waals surface area contributed by atoms with Gasteiger partial charge in [-0.2, -0.15) is 0 Å². The molecule has 0 saturated carbocycles. The van der Waals surface area contributed by atoms with Crippen molar-refractivity contribution in [2.75, 3.05) is 19.8 Å². The van der Waals surface area contributed by atoms with Crippen LogP contribution in [-0.2, 0) is 21.5 Å². The van der Waals surface area contributed by atoms with Gasteiger partial charge in [-0.1, -0.05) is 11.6 Å². The summed E-state index contributed by atoms with van der Waals surface area (Å²) in [6, 6.07) is 3.16. The fourth-order valence-corrected chi connectivity index (χ4v) is 5.99. The molecule has 0 bridgehead atoms. The molecule has 5 heteroatoms. The molecular formula is C17H24ClNO2S. The normalized spacial score (nSPS) is 36.5. The Kier molecular flexibility index (Phi) is 4.24. The largest absolute Gasteiger partial charge is 0.381 e. The molecule has 0 aliphatic carbocycles. The van der Waals surface area contributed by atoms with E-state index in [2.05, 4.69) is 18.3 Å². The predicted molar refractivity (Wildman–Crippen MR) is 89.8 cm³/mol. The highest BCUT2D eigenvalue weighted by molar-refractivity contribution is 7.16. The highest BCUT2D eigenvalue weighted by atomic mass is 35.5. The van der Waals surface area contributed by atoms with E-state index in [1.807, 2.05) is 0 Å². The number of hydrogen-bond donors (Lipinski definition) is 1. The maximum absolute atomic E-state index is 6.42. The van der Waals surface area contributed by atoms with Gasteiger partial charge in [0.25, 0.3) is 0 Å². The van der Waals surface area contributed by atoms with E-state index in [4.69, 9.17) is 21.1 Å². The maximum Gasteiger partial charge on any atom is 0.106 e. The molecule has 4 rings (SSSR count). The zero-order chi connectivity index (χ0) is 15.2. The Bertz CT molecular complexity index is 543. The van der Waals surface area contributed by atoms with Crippen molar-refractivity contribution in [2.45, 2.75) is 56.7 Å². The lowest BCUT2D eigenvalue weighted by molar-refractivity contribution is -0.104. The molecule has 22 heavy (non-hydrogen) atoms. The van der Waals surface area contributed by atoms with Crippen LogP contribution >= 0.6 is 22.9 Å². The van der Waals surface area contributed by atoms with E-state index in [9.17, 15) is 0 Å². The van der Waals surface area contributed by atoms with Gasteiger partial charge >= 0.3 is 0 Å². The zero-order valence-corrected chi connectivity index (χ0v) is 14.6. The Morgan fingerprint density at radius 2 is 2.09 bits per heavy atom. The van der Waals surface area contributed by atoms with Crippen LogP contribution in [0.4, 0.5) is 0 Å². The van der Waals surface area contributed by atoms with Crippen LogP contribution in [0.25, 0.3) is 0 Å². The summed E-state index contributed by atoms with van der Waals surface area (Å²) in [6.45, 7) is 4.93. The smallest absolute Gasteiger partial charge is 0.106 e. The quantitative estimate of drug-likeness (QED) is 0.844. The van der Waals surface area contributed by atoms with Crippen LogP contribution in [0.15, 0.2) is 6.07 Å². The van der Waals surface area contributed by atoms with E-state index in [1.54, 1.807) is 11.3 Å². The third kappa shape index (κ3) is 2.73. The van der Waals surface area contributed by atoms with E-state index in [-0.39, 0.29) is 5.60 Å². The molecule has 1 aromatic rings. The summed E-state index contributed by atoms with van der Waals surface area (Å²) in [4.78, 5) is 1.40. The minimum atomic E-state index is -0.112. The highest BCUT2D eigenvalue weighted by Gasteiger charge is 2.47. The topological polar surface area (TPSA) is 30.5 Å². The predicted octanol–water partition coefficient (Wildman–Crippen LogP) is 3.74. The summed E-state index contributed by atoms with van der Waals surface area (Å²) < 4.78 is 12.9. The van der Waals surface area contributed by atoms with Crippen molar-refractivity contribution in [3.63, 3.8) is 0 Å². The van der Waals surface area contributed by atoms with Crippen LogP contribution in [0.1, 0.15) is 43.0 Å². The third-order valence-electron chi connectivity index (χ3n) is 5.46. The molecule has 122 valence electrons. The monoisotopic (exact) mass is 341 g/mol. The molecule has 2 saturated heterocycles. The van der Waals surface area contributed by atoms with Gasteiger partial charge in [-0.3, -0.25) is 0 Å². The van der Waals surface area contributed by atoms with Crippen molar-refractivity contribution in [3.05, 3.63) is 20.8 Å². The number of fused-ring (bicyclic) bond motifs is 2. The Hall–Kier alpha value is -0.130. The summed E-state index contributed by atoms with van der Waals surface area (Å²) in [5, 5.41) is 3.83. The van der Waals surface area contributed by atoms with Crippen LogP contribution in [-0.4, -0.2) is 31.9 Å². The molecule has 1 spiro atoms. The van der Waals surface area contributed by atoms with Crippen molar-refractivity contribution in [1.82, 2.24) is 5.32 Å². The van der Waals surface area contributed by atoms with Crippen molar-refractivity contribution in [3.8, 4) is 0 Å². The van der Waals surface area contributed by atoms with Crippen LogP contribution in [0.2, 0.25) is 4.34 Å². The maximum atomic E-state index is 6.42. The molecule has 1 N–H and O–H groups in total. The number of ether oxygens (including phenoxy) is 2. The summed E-state index contributed by atoms with van der Waals surface area (Å²) in [6.07, 6.45) is 5.46. The second-order valence-electron chi connectivity index (χ2n) is 7.03. The first-order valence-electron chi connectivity index (χ1n) is 8.43. The van der Waals surface area contributed by atoms with E-state index in [0.717, 1.165) is 43.4 Å². The van der Waals surface area contributed by atoms with E-state index >= 15 is 0 Å². The first-order chi connectivity index (χ1) is 10.7. The lowest BCUT2D eigenvalue weighted by Crippen LogP contribution is -2.56. The standard InChI is InChI=1S/C17H24ClNO2S/c1-11-9-17(10-14(19-11)12-2-5-20-6-3-12)16-13(4-7-21-17)8-15(18)22-16/h8,11-12,14,19H,2-7,9-10H2,1H3. The van der Waals surface area contributed by atoms with E-state index < -0.39 is 0 Å². The van der Waals surface area contributed by atoms with Gasteiger partial charge < -0.3 is 14.8 Å². The molecule has 2 fully saturated rings. The SMILES string of the molecule is CC1CC2(CC(C3CCOCC3)N1)OCCc1cc(Cl)sc12. The Morgan fingerprint density at radius 1 is 1.27 bits per heavy atom. The van der Waals surface area contributed by atoms with Gasteiger partial charge in [0.1, 0.15) is 5.60 Å². The first kappa shape index (κ1) is 15.4. The average Bonchev–Trinajstić information content (AvgIpc) is 2.90. The average molecular weight is 342 g/mol. The van der Waals surface area contributed by atoms with Gasteiger partial charge in [0.2, 0.25) is 0 Å². The van der Waals surface area contributed by atoms with Crippen molar-refractivity contribution >= 4 is 22.9 Å². The van der Waals surface area contributed by atoms with Gasteiger partial charge in [0, 0.05) is 30.2 Å². The molecule has 3 nitrogen and oxygen atoms in total. The minimum absolute atomic E-state index is 0.112. The Balaban J connectivity index is 1.63. The number of nitrogens with one attached hydrogen (secondary N) is 1. The second kappa shape index (κ2) is 6.06. The van der Waals surface area contributed by atoms with E-state index in [1.165, 1.54) is 23.3 Å². The molecule has 1 aromatic heterocycles. The molecule has 0 aromatic carbocycles. The Labute approximate surface area is 141 Å². The number of hydrogen-bond acceptors (Lipinski definition) is 4. The molecule has 3 aliphatic heterocycles. The van der Waals surface area contributed by atoms with Crippen molar-refractivity contribution in [2.24, 2.45) is 5.92 Å². The van der Waals surface area contributed by atoms with Crippen LogP contribution in [0.3, 0.4) is 0 Å². The van der Waals surface area contributed by atoms with E-state index in [0.29, 0.717) is 18.0 Å². The van der Waals surface area contributed by atoms with Crippen molar-refractivity contribution < 1.29 is 9.47 Å². The molecule has 3 aliphatic rings. The second-order valence-corrected chi connectivity index (χ2v) is 8.71. The summed E-state index contributed by atoms with van der Waals surface area (Å²) in [5.74, 6) is 0.706. The zero-order valence-electron chi connectivity index (χ0n) is 13.1. The van der Waals surface area contributed by atoms with Gasteiger partial charge in [0.05, 0.1) is 10.9 Å². The molecule has 0 amide bonds. The van der Waals surface area contributed by atoms with Crippen LogP contribution < -0.4 is 5.32 Å². The summed E-state index contributed by atoms with van der Waals surface area (Å²) in [7, 11) is 0. The lowest BCUT2D eigenvalue weighted by atomic mass is 9.75. The number of piperidine rings is 1. The molecule has 3 atom stereocenters. The lowest BCUT2D eigenvalue weighted by Gasteiger charge is -2.48. The molecule has 4 heterocycles. The molecule has 0 radical (unpaired) electrons. The number of halogens is 1. The first-order valence-corrected chi connectivity index (χ1v) is 9.62.